The number of nitrogen functional groups attached to an aromatic ring is 1. The van der Waals surface area contributed by atoms with E-state index in [0.717, 1.165) is 25.2 Å². The molecule has 1 aliphatic rings. The van der Waals surface area contributed by atoms with Crippen LogP contribution in [0.4, 0.5) is 5.69 Å². The number of hydrogen-bond acceptors (Lipinski definition) is 2. The summed E-state index contributed by atoms with van der Waals surface area (Å²) in [6, 6.07) is 5.15. The molecule has 0 spiro atoms. The van der Waals surface area contributed by atoms with Gasteiger partial charge in [-0.05, 0) is 49.3 Å². The highest BCUT2D eigenvalue weighted by molar-refractivity contribution is 6.31. The van der Waals surface area contributed by atoms with Gasteiger partial charge in [-0.25, -0.2) is 0 Å². The van der Waals surface area contributed by atoms with Gasteiger partial charge in [0.25, 0.3) is 0 Å². The Morgan fingerprint density at radius 1 is 1.28 bits per heavy atom. The third-order valence-electron chi connectivity index (χ3n) is 4.25. The largest absolute Gasteiger partial charge is 0.398 e. The Morgan fingerprint density at radius 2 is 2.00 bits per heavy atom. The number of nitrogens with two attached hydrogens (primary N) is 1. The van der Waals surface area contributed by atoms with Crippen molar-refractivity contribution < 1.29 is 4.79 Å². The summed E-state index contributed by atoms with van der Waals surface area (Å²) < 4.78 is 0. The van der Waals surface area contributed by atoms with Gasteiger partial charge >= 0.3 is 0 Å². The van der Waals surface area contributed by atoms with Crippen LogP contribution in [0, 0.1) is 17.8 Å². The fourth-order valence-corrected chi connectivity index (χ4v) is 2.94. The first kappa shape index (κ1) is 13.4. The van der Waals surface area contributed by atoms with E-state index in [1.807, 2.05) is 0 Å². The number of carbonyl (C=O) groups is 1. The first-order valence-corrected chi connectivity index (χ1v) is 6.96. The normalized spacial score (nSPS) is 28.1. The van der Waals surface area contributed by atoms with Crippen molar-refractivity contribution in [1.82, 2.24) is 0 Å². The Hall–Kier alpha value is -1.02. The minimum atomic E-state index is 0.125. The molecule has 2 N–H and O–H groups in total. The van der Waals surface area contributed by atoms with Gasteiger partial charge in [-0.2, -0.15) is 0 Å². The highest BCUT2D eigenvalue weighted by atomic mass is 35.5. The predicted octanol–water partition coefficient (Wildman–Crippen LogP) is 4.18. The van der Waals surface area contributed by atoms with Crippen molar-refractivity contribution in [2.75, 3.05) is 5.73 Å². The highest BCUT2D eigenvalue weighted by Crippen LogP contribution is 2.36. The van der Waals surface area contributed by atoms with Gasteiger partial charge in [-0.15, -0.1) is 0 Å². The zero-order valence-corrected chi connectivity index (χ0v) is 11.7. The molecule has 1 aromatic rings. The van der Waals surface area contributed by atoms with Crippen LogP contribution in [-0.2, 0) is 0 Å². The molecular formula is C15H20ClNO. The van der Waals surface area contributed by atoms with Gasteiger partial charge in [0.15, 0.2) is 5.78 Å². The Morgan fingerprint density at radius 3 is 2.61 bits per heavy atom. The van der Waals surface area contributed by atoms with E-state index in [1.165, 1.54) is 0 Å². The third kappa shape index (κ3) is 2.69. The first-order chi connectivity index (χ1) is 8.49. The van der Waals surface area contributed by atoms with Crippen molar-refractivity contribution in [3.05, 3.63) is 28.8 Å². The van der Waals surface area contributed by atoms with Crippen LogP contribution in [0.25, 0.3) is 0 Å². The molecule has 0 aromatic heterocycles. The Kier molecular flexibility index (Phi) is 3.96. The van der Waals surface area contributed by atoms with Crippen LogP contribution < -0.4 is 5.73 Å². The molecule has 2 nitrogen and oxygen atoms in total. The minimum absolute atomic E-state index is 0.125. The molecule has 0 aliphatic heterocycles. The SMILES string of the molecule is CC1CCC(C(=O)c2ccc(Cl)cc2N)CC1C. The van der Waals surface area contributed by atoms with Crippen LogP contribution in [0.2, 0.25) is 5.02 Å². The van der Waals surface area contributed by atoms with Crippen LogP contribution in [-0.4, -0.2) is 5.78 Å². The van der Waals surface area contributed by atoms with Crippen LogP contribution in [0.15, 0.2) is 18.2 Å². The van der Waals surface area contributed by atoms with Gasteiger partial charge in [-0.1, -0.05) is 25.4 Å². The maximum atomic E-state index is 12.5. The number of ketones is 1. The van der Waals surface area contributed by atoms with Crippen molar-refractivity contribution in [3.63, 3.8) is 0 Å². The summed E-state index contributed by atoms with van der Waals surface area (Å²) in [7, 11) is 0. The molecule has 3 heteroatoms. The number of rotatable bonds is 2. The molecule has 0 amide bonds. The third-order valence-corrected chi connectivity index (χ3v) is 4.48. The van der Waals surface area contributed by atoms with Crippen LogP contribution in [0.1, 0.15) is 43.5 Å². The summed E-state index contributed by atoms with van der Waals surface area (Å²) in [5.74, 6) is 1.64. The predicted molar refractivity (Wildman–Crippen MR) is 75.9 cm³/mol. The summed E-state index contributed by atoms with van der Waals surface area (Å²) in [6.45, 7) is 4.50. The molecule has 3 atom stereocenters. The van der Waals surface area contributed by atoms with E-state index < -0.39 is 0 Å². The van der Waals surface area contributed by atoms with Gasteiger partial charge in [0, 0.05) is 22.2 Å². The van der Waals surface area contributed by atoms with Crippen molar-refractivity contribution in [2.24, 2.45) is 17.8 Å². The molecule has 98 valence electrons. The zero-order chi connectivity index (χ0) is 13.3. The lowest BCUT2D eigenvalue weighted by atomic mass is 9.73. The number of carbonyl (C=O) groups excluding carboxylic acids is 1. The van der Waals surface area contributed by atoms with E-state index in [1.54, 1.807) is 18.2 Å². The maximum Gasteiger partial charge on any atom is 0.168 e. The lowest BCUT2D eigenvalue weighted by Crippen LogP contribution is -2.26. The minimum Gasteiger partial charge on any atom is -0.398 e. The van der Waals surface area contributed by atoms with Crippen molar-refractivity contribution in [2.45, 2.75) is 33.1 Å². The van der Waals surface area contributed by atoms with Crippen molar-refractivity contribution in [3.8, 4) is 0 Å². The second-order valence-electron chi connectivity index (χ2n) is 5.56. The molecule has 1 saturated carbocycles. The molecule has 0 saturated heterocycles. The number of benzene rings is 1. The quantitative estimate of drug-likeness (QED) is 0.644. The average Bonchev–Trinajstić information content (AvgIpc) is 2.32. The standard InChI is InChI=1S/C15H20ClNO/c1-9-3-4-11(7-10(9)2)15(18)13-6-5-12(16)8-14(13)17/h5-6,8-11H,3-4,7,17H2,1-2H3. The lowest BCUT2D eigenvalue weighted by molar-refractivity contribution is 0.0838. The van der Waals surface area contributed by atoms with Gasteiger partial charge in [-0.3, -0.25) is 4.79 Å². The fourth-order valence-electron chi connectivity index (χ4n) is 2.76. The van der Waals surface area contributed by atoms with E-state index in [9.17, 15) is 4.79 Å². The zero-order valence-electron chi connectivity index (χ0n) is 10.9. The van der Waals surface area contributed by atoms with E-state index in [2.05, 4.69) is 13.8 Å². The molecule has 18 heavy (non-hydrogen) atoms. The molecule has 1 aliphatic carbocycles. The Labute approximate surface area is 114 Å². The number of Topliss-reactive ketones (excluding diaryl/α,β-unsaturated/α-hetero) is 1. The van der Waals surface area contributed by atoms with Crippen molar-refractivity contribution in [1.29, 1.82) is 0 Å². The summed E-state index contributed by atoms with van der Waals surface area (Å²) in [6.07, 6.45) is 3.08. The van der Waals surface area contributed by atoms with Crippen LogP contribution >= 0.6 is 11.6 Å². The van der Waals surface area contributed by atoms with Gasteiger partial charge in [0.05, 0.1) is 0 Å². The molecule has 1 fully saturated rings. The molecule has 0 heterocycles. The maximum absolute atomic E-state index is 12.5. The van der Waals surface area contributed by atoms with E-state index >= 15 is 0 Å². The van der Waals surface area contributed by atoms with Crippen molar-refractivity contribution >= 4 is 23.1 Å². The Balaban J connectivity index is 2.16. The van der Waals surface area contributed by atoms with E-state index in [0.29, 0.717) is 22.2 Å². The first-order valence-electron chi connectivity index (χ1n) is 6.58. The van der Waals surface area contributed by atoms with Gasteiger partial charge in [0.1, 0.15) is 0 Å². The van der Waals surface area contributed by atoms with E-state index in [-0.39, 0.29) is 11.7 Å². The molecule has 0 bridgehead atoms. The van der Waals surface area contributed by atoms with Crippen LogP contribution in [0.3, 0.4) is 0 Å². The number of halogens is 1. The lowest BCUT2D eigenvalue weighted by Gasteiger charge is -2.31. The Bertz CT molecular complexity index is 458. The van der Waals surface area contributed by atoms with Gasteiger partial charge in [0.2, 0.25) is 0 Å². The highest BCUT2D eigenvalue weighted by Gasteiger charge is 2.30. The summed E-state index contributed by atoms with van der Waals surface area (Å²) in [5, 5.41) is 0.578. The summed E-state index contributed by atoms with van der Waals surface area (Å²) in [5.41, 5.74) is 7.02. The number of anilines is 1. The molecule has 0 radical (unpaired) electrons. The topological polar surface area (TPSA) is 43.1 Å². The molecule has 1 aromatic carbocycles. The monoisotopic (exact) mass is 265 g/mol. The van der Waals surface area contributed by atoms with Crippen LogP contribution in [0.5, 0.6) is 0 Å². The average molecular weight is 266 g/mol. The molecule has 2 rings (SSSR count). The smallest absolute Gasteiger partial charge is 0.168 e. The summed E-state index contributed by atoms with van der Waals surface area (Å²) >= 11 is 5.86. The van der Waals surface area contributed by atoms with E-state index in [4.69, 9.17) is 17.3 Å². The second-order valence-corrected chi connectivity index (χ2v) is 6.00. The van der Waals surface area contributed by atoms with Gasteiger partial charge < -0.3 is 5.73 Å². The number of hydrogen-bond donors (Lipinski definition) is 1. The summed E-state index contributed by atoms with van der Waals surface area (Å²) in [4.78, 5) is 12.5. The second kappa shape index (κ2) is 5.31. The fraction of sp³-hybridized carbons (Fsp3) is 0.533. The molecular weight excluding hydrogens is 246 g/mol. The molecule has 3 unspecified atom stereocenters.